The largest absolute Gasteiger partial charge is 0.489 e. The van der Waals surface area contributed by atoms with E-state index in [9.17, 15) is 9.50 Å². The van der Waals surface area contributed by atoms with Crippen LogP contribution in [0.1, 0.15) is 33.1 Å². The maximum Gasteiger partial charge on any atom is 0.191 e. The van der Waals surface area contributed by atoms with Crippen molar-refractivity contribution in [3.8, 4) is 5.75 Å². The molecule has 152 valence electrons. The van der Waals surface area contributed by atoms with Gasteiger partial charge in [0.1, 0.15) is 17.7 Å². The molecule has 0 amide bonds. The van der Waals surface area contributed by atoms with Gasteiger partial charge in [-0.25, -0.2) is 9.38 Å². The van der Waals surface area contributed by atoms with Crippen LogP contribution in [0.2, 0.25) is 0 Å². The zero-order valence-electron chi connectivity index (χ0n) is 16.5. The van der Waals surface area contributed by atoms with Gasteiger partial charge in [-0.3, -0.25) is 0 Å². The predicted octanol–water partition coefficient (Wildman–Crippen LogP) is 1.99. The number of guanidine groups is 1. The molecule has 0 spiro atoms. The summed E-state index contributed by atoms with van der Waals surface area (Å²) in [7, 11) is 0. The van der Waals surface area contributed by atoms with E-state index in [1.807, 2.05) is 13.8 Å². The molecule has 0 aliphatic carbocycles. The molecule has 3 N–H and O–H groups in total. The van der Waals surface area contributed by atoms with Gasteiger partial charge in [-0.05, 0) is 63.9 Å². The zero-order valence-corrected chi connectivity index (χ0v) is 16.5. The summed E-state index contributed by atoms with van der Waals surface area (Å²) in [5.74, 6) is 1.15. The summed E-state index contributed by atoms with van der Waals surface area (Å²) in [5, 5.41) is 16.1. The van der Waals surface area contributed by atoms with E-state index < -0.39 is 0 Å². The average Bonchev–Trinajstić information content (AvgIpc) is 2.66. The second-order valence-corrected chi connectivity index (χ2v) is 6.96. The van der Waals surface area contributed by atoms with E-state index in [4.69, 9.17) is 4.74 Å². The third-order valence-corrected chi connectivity index (χ3v) is 4.50. The molecule has 1 saturated heterocycles. The maximum atomic E-state index is 12.9. The number of piperidine rings is 1. The molecule has 7 heteroatoms. The summed E-state index contributed by atoms with van der Waals surface area (Å²) < 4.78 is 18.7. The normalized spacial score (nSPS) is 17.6. The van der Waals surface area contributed by atoms with Crippen LogP contribution >= 0.6 is 0 Å². The number of ether oxygens (including phenoxy) is 1. The number of halogens is 1. The van der Waals surface area contributed by atoms with Gasteiger partial charge < -0.3 is 25.4 Å². The second-order valence-electron chi connectivity index (χ2n) is 6.96. The van der Waals surface area contributed by atoms with Crippen molar-refractivity contribution in [2.24, 2.45) is 4.99 Å². The van der Waals surface area contributed by atoms with Gasteiger partial charge in [0.15, 0.2) is 5.96 Å². The Bertz CT molecular complexity index is 560. The molecule has 1 aliphatic rings. The summed E-state index contributed by atoms with van der Waals surface area (Å²) in [5.41, 5.74) is 0. The van der Waals surface area contributed by atoms with Crippen LogP contribution in [0.5, 0.6) is 5.75 Å². The van der Waals surface area contributed by atoms with E-state index in [2.05, 4.69) is 20.5 Å². The van der Waals surface area contributed by atoms with Gasteiger partial charge in [0.25, 0.3) is 0 Å². The number of nitrogens with one attached hydrogen (secondary N) is 2. The topological polar surface area (TPSA) is 69.1 Å². The summed E-state index contributed by atoms with van der Waals surface area (Å²) >= 11 is 0. The van der Waals surface area contributed by atoms with Crippen molar-refractivity contribution < 1.29 is 14.2 Å². The number of likely N-dealkylation sites (tertiary alicyclic amines) is 1. The highest BCUT2D eigenvalue weighted by molar-refractivity contribution is 5.79. The zero-order chi connectivity index (χ0) is 19.5. The molecule has 0 bridgehead atoms. The van der Waals surface area contributed by atoms with Crippen molar-refractivity contribution >= 4 is 5.96 Å². The van der Waals surface area contributed by atoms with E-state index in [1.54, 1.807) is 12.1 Å². The van der Waals surface area contributed by atoms with Crippen molar-refractivity contribution in [3.63, 3.8) is 0 Å². The number of aliphatic hydroxyl groups excluding tert-OH is 1. The molecule has 0 radical (unpaired) electrons. The Hall–Kier alpha value is -1.86. The van der Waals surface area contributed by atoms with Gasteiger partial charge in [0.05, 0.1) is 12.6 Å². The van der Waals surface area contributed by atoms with Crippen LogP contribution in [0.3, 0.4) is 0 Å². The van der Waals surface area contributed by atoms with Gasteiger partial charge in [-0.1, -0.05) is 0 Å². The molecule has 6 nitrogen and oxygen atoms in total. The molecule has 0 saturated carbocycles. The lowest BCUT2D eigenvalue weighted by Gasteiger charge is -2.29. The van der Waals surface area contributed by atoms with E-state index in [0.29, 0.717) is 12.3 Å². The Morgan fingerprint density at radius 3 is 2.67 bits per heavy atom. The lowest BCUT2D eigenvalue weighted by Crippen LogP contribution is -2.40. The Kier molecular flexibility index (Phi) is 9.35. The Labute approximate surface area is 161 Å². The van der Waals surface area contributed by atoms with E-state index >= 15 is 0 Å². The van der Waals surface area contributed by atoms with Gasteiger partial charge in [-0.2, -0.15) is 0 Å². The number of aliphatic hydroxyl groups is 1. The third-order valence-electron chi connectivity index (χ3n) is 4.50. The molecule has 0 aromatic heterocycles. The minimum atomic E-state index is -0.271. The van der Waals surface area contributed by atoms with Crippen molar-refractivity contribution in [1.82, 2.24) is 15.5 Å². The third kappa shape index (κ3) is 8.58. The number of hydrogen-bond acceptors (Lipinski definition) is 4. The van der Waals surface area contributed by atoms with E-state index in [-0.39, 0.29) is 18.0 Å². The number of benzene rings is 1. The molecular formula is C20H33FN4O2. The molecule has 1 fully saturated rings. The molecule has 1 unspecified atom stereocenters. The average molecular weight is 381 g/mol. The summed E-state index contributed by atoms with van der Waals surface area (Å²) in [6.07, 6.45) is 2.56. The minimum absolute atomic E-state index is 0.106. The smallest absolute Gasteiger partial charge is 0.191 e. The fourth-order valence-electron chi connectivity index (χ4n) is 3.00. The van der Waals surface area contributed by atoms with Crippen LogP contribution in [0.15, 0.2) is 29.3 Å². The highest BCUT2D eigenvalue weighted by atomic mass is 19.1. The first-order valence-electron chi connectivity index (χ1n) is 9.91. The van der Waals surface area contributed by atoms with Crippen LogP contribution in [-0.4, -0.2) is 67.4 Å². The first-order chi connectivity index (χ1) is 13.1. The molecule has 1 heterocycles. The van der Waals surface area contributed by atoms with Crippen molar-refractivity contribution in [3.05, 3.63) is 30.1 Å². The Morgan fingerprint density at radius 2 is 2.00 bits per heavy atom. The van der Waals surface area contributed by atoms with Crippen LogP contribution in [-0.2, 0) is 0 Å². The molecule has 1 aromatic rings. The van der Waals surface area contributed by atoms with Crippen molar-refractivity contribution in [2.75, 3.05) is 39.3 Å². The van der Waals surface area contributed by atoms with Crippen LogP contribution in [0.4, 0.5) is 4.39 Å². The van der Waals surface area contributed by atoms with Crippen molar-refractivity contribution in [2.45, 2.75) is 45.3 Å². The summed E-state index contributed by atoms with van der Waals surface area (Å²) in [4.78, 5) is 6.97. The Morgan fingerprint density at radius 1 is 1.30 bits per heavy atom. The van der Waals surface area contributed by atoms with Crippen LogP contribution in [0.25, 0.3) is 0 Å². The number of nitrogens with zero attached hydrogens (tertiary/aromatic N) is 2. The molecule has 2 rings (SSSR count). The number of rotatable bonds is 9. The molecule has 1 aromatic carbocycles. The molecular weight excluding hydrogens is 347 g/mol. The fraction of sp³-hybridized carbons (Fsp3) is 0.650. The molecule has 1 aliphatic heterocycles. The second kappa shape index (κ2) is 11.8. The van der Waals surface area contributed by atoms with Gasteiger partial charge in [0, 0.05) is 26.2 Å². The number of aliphatic imine (C=N–C) groups is 1. The predicted molar refractivity (Wildman–Crippen MR) is 107 cm³/mol. The lowest BCUT2D eigenvalue weighted by atomic mass is 10.1. The number of hydrogen-bond donors (Lipinski definition) is 3. The monoisotopic (exact) mass is 380 g/mol. The summed E-state index contributed by atoms with van der Waals surface area (Å²) in [6.45, 7) is 9.12. The highest BCUT2D eigenvalue weighted by Gasteiger charge is 2.16. The summed E-state index contributed by atoms with van der Waals surface area (Å²) in [6, 6.07) is 6.02. The van der Waals surface area contributed by atoms with Gasteiger partial charge >= 0.3 is 0 Å². The standard InChI is InChI=1S/C20H33FN4O2/c1-3-22-20(23-11-4-12-25-13-9-18(26)10-14-25)24-15-16(2)27-19-7-5-17(21)6-8-19/h5-8,16,18,26H,3-4,9-15H2,1-2H3,(H2,22,23,24). The SMILES string of the molecule is CCNC(=NCC(C)Oc1ccc(F)cc1)NCCCN1CCC(O)CC1. The van der Waals surface area contributed by atoms with Gasteiger partial charge in [-0.15, -0.1) is 0 Å². The van der Waals surface area contributed by atoms with Crippen molar-refractivity contribution in [1.29, 1.82) is 0 Å². The molecule has 1 atom stereocenters. The maximum absolute atomic E-state index is 12.9. The fourth-order valence-corrected chi connectivity index (χ4v) is 3.00. The van der Waals surface area contributed by atoms with Crippen LogP contribution in [0, 0.1) is 5.82 Å². The Balaban J connectivity index is 1.68. The molecule has 27 heavy (non-hydrogen) atoms. The van der Waals surface area contributed by atoms with E-state index in [1.165, 1.54) is 12.1 Å². The highest BCUT2D eigenvalue weighted by Crippen LogP contribution is 2.13. The van der Waals surface area contributed by atoms with Gasteiger partial charge in [0.2, 0.25) is 0 Å². The first-order valence-corrected chi connectivity index (χ1v) is 9.91. The minimum Gasteiger partial charge on any atom is -0.489 e. The van der Waals surface area contributed by atoms with E-state index in [0.717, 1.165) is 57.9 Å². The first kappa shape index (κ1) is 21.4. The quantitative estimate of drug-likeness (QED) is 0.347. The van der Waals surface area contributed by atoms with Crippen LogP contribution < -0.4 is 15.4 Å². The lowest BCUT2D eigenvalue weighted by molar-refractivity contribution is 0.0823.